The Morgan fingerprint density at radius 3 is 2.58 bits per heavy atom. The van der Waals surface area contributed by atoms with Gasteiger partial charge in [-0.3, -0.25) is 0 Å². The third-order valence-corrected chi connectivity index (χ3v) is 7.24. The highest BCUT2D eigenvalue weighted by Crippen LogP contribution is 2.59. The summed E-state index contributed by atoms with van der Waals surface area (Å²) >= 11 is 0. The minimum absolute atomic E-state index is 0.0600. The lowest BCUT2D eigenvalue weighted by molar-refractivity contribution is -0.344. The number of fused-ring (bicyclic) bond motifs is 3. The van der Waals surface area contributed by atoms with Crippen molar-refractivity contribution in [1.29, 1.82) is 0 Å². The summed E-state index contributed by atoms with van der Waals surface area (Å²) in [7, 11) is 1.32. The molecule has 0 amide bonds. The molecular weight excluding hydrogens is 484 g/mol. The van der Waals surface area contributed by atoms with Crippen molar-refractivity contribution < 1.29 is 63.9 Å². The molecule has 3 heterocycles. The van der Waals surface area contributed by atoms with Crippen LogP contribution in [0.5, 0.6) is 11.5 Å². The Balaban J connectivity index is 1.26. The first-order valence-electron chi connectivity index (χ1n) is 11.4. The van der Waals surface area contributed by atoms with Gasteiger partial charge in [0.15, 0.2) is 17.8 Å². The highest BCUT2D eigenvalue weighted by Gasteiger charge is 2.75. The Morgan fingerprint density at radius 2 is 1.86 bits per heavy atom. The average molecular weight is 512 g/mol. The molecule has 5 rings (SSSR count). The average Bonchev–Trinajstić information content (AvgIpc) is 3.57. The fourth-order valence-corrected chi connectivity index (χ4v) is 5.21. The van der Waals surface area contributed by atoms with Crippen LogP contribution < -0.4 is 4.74 Å². The van der Waals surface area contributed by atoms with E-state index in [2.05, 4.69) is 0 Å². The van der Waals surface area contributed by atoms with Gasteiger partial charge in [-0.05, 0) is 24.3 Å². The second-order valence-electron chi connectivity index (χ2n) is 9.21. The molecule has 13 nitrogen and oxygen atoms in total. The Bertz CT molecular complexity index is 1020. The standard InChI is InChI=1S/C23H28O13/c1-31-12-6-9(2-3-11(12)25)20(30)33-7-13-16(27)17(28)18(29)22(34-13)35-21-14-10(4-5-32-21)15(26)19-23(14,8-24)36-19/h2-6,10,13-19,21-22,24-29H,7-8H2,1H3/t10-,13-,14-,15+,16-,17+,18-,19+,21+,22+,23-/m1/s1. The van der Waals surface area contributed by atoms with E-state index in [1.54, 1.807) is 6.08 Å². The minimum Gasteiger partial charge on any atom is -0.504 e. The summed E-state index contributed by atoms with van der Waals surface area (Å²) in [4.78, 5) is 12.5. The van der Waals surface area contributed by atoms with Crippen molar-refractivity contribution in [2.75, 3.05) is 20.3 Å². The molecule has 0 spiro atoms. The molecule has 3 fully saturated rings. The highest BCUT2D eigenvalue weighted by molar-refractivity contribution is 5.90. The SMILES string of the molecule is COc1cc(C(=O)OC[C@H]2O[C@@H](O[C@@H]3OC=C[C@H]4[C@H](O)[C@@H]5O[C@]5(CO)[C@@H]34)[C@H](O)[C@@H](O)[C@@H]2O)ccc1O. The van der Waals surface area contributed by atoms with Crippen LogP contribution in [-0.2, 0) is 23.7 Å². The van der Waals surface area contributed by atoms with Crippen molar-refractivity contribution in [2.24, 2.45) is 11.8 Å². The Hall–Kier alpha value is -2.49. The van der Waals surface area contributed by atoms with Crippen molar-refractivity contribution in [3.05, 3.63) is 36.1 Å². The van der Waals surface area contributed by atoms with Gasteiger partial charge in [0.2, 0.25) is 6.29 Å². The normalized spacial score (nSPS) is 42.7. The van der Waals surface area contributed by atoms with Crippen LogP contribution in [0.25, 0.3) is 0 Å². The van der Waals surface area contributed by atoms with Crippen LogP contribution in [-0.4, -0.2) is 112 Å². The molecule has 11 atom stereocenters. The molecule has 1 aromatic carbocycles. The molecule has 198 valence electrons. The monoisotopic (exact) mass is 512 g/mol. The summed E-state index contributed by atoms with van der Waals surface area (Å²) in [5, 5.41) is 61.3. The molecule has 0 radical (unpaired) electrons. The van der Waals surface area contributed by atoms with Gasteiger partial charge in [0.05, 0.1) is 37.6 Å². The highest BCUT2D eigenvalue weighted by atomic mass is 16.8. The summed E-state index contributed by atoms with van der Waals surface area (Å²) in [6, 6.07) is 3.84. The van der Waals surface area contributed by atoms with E-state index in [1.165, 1.54) is 31.6 Å². The zero-order chi connectivity index (χ0) is 25.8. The first-order chi connectivity index (χ1) is 17.2. The topological polar surface area (TPSA) is 197 Å². The zero-order valence-electron chi connectivity index (χ0n) is 19.1. The molecule has 4 aliphatic rings. The number of aliphatic hydroxyl groups is 5. The Kier molecular flexibility index (Phi) is 6.59. The van der Waals surface area contributed by atoms with Crippen molar-refractivity contribution in [3.63, 3.8) is 0 Å². The summed E-state index contributed by atoms with van der Waals surface area (Å²) < 4.78 is 32.7. The number of methoxy groups -OCH3 is 1. The number of epoxide rings is 1. The number of hydrogen-bond donors (Lipinski definition) is 6. The quantitative estimate of drug-likeness (QED) is 0.173. The molecule has 1 saturated carbocycles. The van der Waals surface area contributed by atoms with Gasteiger partial charge in [0, 0.05) is 5.92 Å². The van der Waals surface area contributed by atoms with E-state index < -0.39 is 79.2 Å². The van der Waals surface area contributed by atoms with Gasteiger partial charge in [0.1, 0.15) is 42.7 Å². The lowest BCUT2D eigenvalue weighted by atomic mass is 9.85. The van der Waals surface area contributed by atoms with Gasteiger partial charge >= 0.3 is 5.97 Å². The number of carbonyl (C=O) groups is 1. The maximum atomic E-state index is 12.5. The first kappa shape index (κ1) is 25.2. The molecule has 0 aromatic heterocycles. The number of ether oxygens (including phenoxy) is 6. The minimum atomic E-state index is -1.71. The predicted octanol–water partition coefficient (Wildman–Crippen LogP) is -2.01. The van der Waals surface area contributed by atoms with Crippen molar-refractivity contribution in [1.82, 2.24) is 0 Å². The van der Waals surface area contributed by atoms with E-state index in [1.807, 2.05) is 0 Å². The molecule has 0 bridgehead atoms. The summed E-state index contributed by atoms with van der Waals surface area (Å²) in [6.07, 6.45) is -7.43. The van der Waals surface area contributed by atoms with Crippen molar-refractivity contribution in [3.8, 4) is 11.5 Å². The number of benzene rings is 1. The molecule has 1 aliphatic carbocycles. The third-order valence-electron chi connectivity index (χ3n) is 7.24. The van der Waals surface area contributed by atoms with Gasteiger partial charge in [-0.2, -0.15) is 0 Å². The molecule has 3 aliphatic heterocycles. The number of hydrogen-bond acceptors (Lipinski definition) is 13. The number of phenols is 1. The maximum absolute atomic E-state index is 12.5. The molecular formula is C23H28O13. The zero-order valence-corrected chi connectivity index (χ0v) is 19.1. The third kappa shape index (κ3) is 4.01. The number of aromatic hydroxyl groups is 1. The van der Waals surface area contributed by atoms with Crippen LogP contribution >= 0.6 is 0 Å². The maximum Gasteiger partial charge on any atom is 0.338 e. The van der Waals surface area contributed by atoms with Crippen LogP contribution in [0.1, 0.15) is 10.4 Å². The molecule has 2 saturated heterocycles. The Morgan fingerprint density at radius 1 is 1.08 bits per heavy atom. The summed E-state index contributed by atoms with van der Waals surface area (Å²) in [6.45, 7) is -0.891. The number of esters is 1. The van der Waals surface area contributed by atoms with Gasteiger partial charge in [-0.15, -0.1) is 0 Å². The molecule has 13 heteroatoms. The van der Waals surface area contributed by atoms with E-state index >= 15 is 0 Å². The van der Waals surface area contributed by atoms with Crippen LogP contribution in [0.2, 0.25) is 0 Å². The number of aliphatic hydroxyl groups excluding tert-OH is 5. The largest absolute Gasteiger partial charge is 0.504 e. The van der Waals surface area contributed by atoms with Gasteiger partial charge < -0.3 is 59.1 Å². The van der Waals surface area contributed by atoms with Crippen molar-refractivity contribution in [2.45, 2.75) is 54.8 Å². The van der Waals surface area contributed by atoms with Gasteiger partial charge in [0.25, 0.3) is 0 Å². The summed E-state index contributed by atoms with van der Waals surface area (Å²) in [5.74, 6) is -1.99. The first-order valence-corrected chi connectivity index (χ1v) is 11.4. The molecule has 36 heavy (non-hydrogen) atoms. The van der Waals surface area contributed by atoms with E-state index in [9.17, 15) is 35.4 Å². The molecule has 6 N–H and O–H groups in total. The summed E-state index contributed by atoms with van der Waals surface area (Å²) in [5.41, 5.74) is -1.01. The number of rotatable bonds is 7. The van der Waals surface area contributed by atoms with Gasteiger partial charge in [-0.1, -0.05) is 0 Å². The van der Waals surface area contributed by atoms with E-state index in [0.717, 1.165) is 0 Å². The second kappa shape index (κ2) is 9.43. The Labute approximate surface area is 205 Å². The fraction of sp³-hybridized carbons (Fsp3) is 0.609. The lowest BCUT2D eigenvalue weighted by Gasteiger charge is -2.43. The predicted molar refractivity (Wildman–Crippen MR) is 114 cm³/mol. The van der Waals surface area contributed by atoms with Crippen LogP contribution in [0, 0.1) is 11.8 Å². The van der Waals surface area contributed by atoms with Crippen molar-refractivity contribution >= 4 is 5.97 Å². The second-order valence-corrected chi connectivity index (χ2v) is 9.21. The van der Waals surface area contributed by atoms with E-state index in [-0.39, 0.29) is 23.7 Å². The van der Waals surface area contributed by atoms with Crippen LogP contribution in [0.4, 0.5) is 0 Å². The molecule has 0 unspecified atom stereocenters. The van der Waals surface area contributed by atoms with Crippen LogP contribution in [0.3, 0.4) is 0 Å². The fourth-order valence-electron chi connectivity index (χ4n) is 5.21. The van der Waals surface area contributed by atoms with E-state index in [0.29, 0.717) is 0 Å². The van der Waals surface area contributed by atoms with Crippen LogP contribution in [0.15, 0.2) is 30.5 Å². The van der Waals surface area contributed by atoms with Gasteiger partial charge in [-0.25, -0.2) is 4.79 Å². The van der Waals surface area contributed by atoms with E-state index in [4.69, 9.17) is 28.4 Å². The number of phenolic OH excluding ortho intramolecular Hbond substituents is 1. The number of carbonyl (C=O) groups excluding carboxylic acids is 1. The smallest absolute Gasteiger partial charge is 0.338 e. The lowest BCUT2D eigenvalue weighted by Crippen LogP contribution is -2.60. The molecule has 1 aromatic rings.